The second-order valence-corrected chi connectivity index (χ2v) is 6.34. The fourth-order valence-corrected chi connectivity index (χ4v) is 2.22. The van der Waals surface area contributed by atoms with Crippen molar-refractivity contribution in [3.63, 3.8) is 0 Å². The molecule has 1 aromatic rings. The van der Waals surface area contributed by atoms with Gasteiger partial charge >= 0.3 is 7.12 Å². The Labute approximate surface area is 114 Å². The summed E-state index contributed by atoms with van der Waals surface area (Å²) < 4.78 is 17.3. The minimum atomic E-state index is -0.312. The van der Waals surface area contributed by atoms with Crippen LogP contribution < -0.4 is 5.46 Å². The van der Waals surface area contributed by atoms with E-state index in [1.807, 2.05) is 12.3 Å². The zero-order valence-electron chi connectivity index (χ0n) is 12.0. The van der Waals surface area contributed by atoms with Crippen molar-refractivity contribution in [3.8, 4) is 0 Å². The Balaban J connectivity index is 1.83. The molecular formula is C14H20BNO3. The van der Waals surface area contributed by atoms with Crippen LogP contribution in [0.3, 0.4) is 0 Å². The smallest absolute Gasteiger partial charge is 0.399 e. The van der Waals surface area contributed by atoms with Gasteiger partial charge in [0.25, 0.3) is 0 Å². The molecule has 102 valence electrons. The Bertz CT molecular complexity index is 469. The Kier molecular flexibility index (Phi) is 2.96. The first-order chi connectivity index (χ1) is 8.89. The highest BCUT2D eigenvalue weighted by Gasteiger charge is 2.51. The first kappa shape index (κ1) is 13.1. The fraction of sp³-hybridized carbons (Fsp3) is 0.643. The molecule has 2 saturated heterocycles. The maximum atomic E-state index is 6.06. The second kappa shape index (κ2) is 4.30. The molecule has 0 aromatic carbocycles. The van der Waals surface area contributed by atoms with E-state index in [0.717, 1.165) is 24.4 Å². The summed E-state index contributed by atoms with van der Waals surface area (Å²) in [6.45, 7) is 9.78. The van der Waals surface area contributed by atoms with E-state index in [1.165, 1.54) is 0 Å². The molecule has 1 aromatic heterocycles. The van der Waals surface area contributed by atoms with E-state index in [0.29, 0.717) is 5.92 Å². The van der Waals surface area contributed by atoms with Gasteiger partial charge in [-0.3, -0.25) is 4.98 Å². The summed E-state index contributed by atoms with van der Waals surface area (Å²) in [5.74, 6) is 0.419. The third-order valence-electron chi connectivity index (χ3n) is 4.39. The number of pyridine rings is 1. The quantitative estimate of drug-likeness (QED) is 0.756. The summed E-state index contributed by atoms with van der Waals surface area (Å²) in [6, 6.07) is 4.04. The SMILES string of the molecule is CC1(C)OB(c2ccnc(C3COC3)c2)OC1(C)C. The van der Waals surface area contributed by atoms with Gasteiger partial charge in [-0.25, -0.2) is 0 Å². The van der Waals surface area contributed by atoms with Gasteiger partial charge in [0.2, 0.25) is 0 Å². The molecule has 0 radical (unpaired) electrons. The van der Waals surface area contributed by atoms with Crippen molar-refractivity contribution in [2.24, 2.45) is 0 Å². The van der Waals surface area contributed by atoms with E-state index < -0.39 is 0 Å². The summed E-state index contributed by atoms with van der Waals surface area (Å²) in [4.78, 5) is 4.41. The maximum Gasteiger partial charge on any atom is 0.494 e. The van der Waals surface area contributed by atoms with Gasteiger partial charge in [-0.2, -0.15) is 0 Å². The Morgan fingerprint density at radius 2 is 1.79 bits per heavy atom. The third-order valence-corrected chi connectivity index (χ3v) is 4.39. The topological polar surface area (TPSA) is 40.6 Å². The van der Waals surface area contributed by atoms with Crippen LogP contribution in [-0.2, 0) is 14.0 Å². The molecule has 2 fully saturated rings. The molecule has 0 spiro atoms. The zero-order chi connectivity index (χ0) is 13.7. The zero-order valence-corrected chi connectivity index (χ0v) is 12.0. The van der Waals surface area contributed by atoms with E-state index in [4.69, 9.17) is 14.0 Å². The van der Waals surface area contributed by atoms with Gasteiger partial charge in [0.05, 0.1) is 24.4 Å². The molecule has 3 heterocycles. The maximum absolute atomic E-state index is 6.06. The lowest BCUT2D eigenvalue weighted by Gasteiger charge is -2.32. The number of nitrogens with zero attached hydrogens (tertiary/aromatic N) is 1. The van der Waals surface area contributed by atoms with Crippen molar-refractivity contribution in [1.29, 1.82) is 0 Å². The molecule has 2 aliphatic heterocycles. The lowest BCUT2D eigenvalue weighted by atomic mass is 9.78. The van der Waals surface area contributed by atoms with Gasteiger partial charge in [0.1, 0.15) is 0 Å². The fourth-order valence-electron chi connectivity index (χ4n) is 2.22. The summed E-state index contributed by atoms with van der Waals surface area (Å²) in [5, 5.41) is 0. The van der Waals surface area contributed by atoms with Gasteiger partial charge in [-0.15, -0.1) is 0 Å². The van der Waals surface area contributed by atoms with Crippen LogP contribution in [-0.4, -0.2) is 36.5 Å². The van der Waals surface area contributed by atoms with Crippen LogP contribution in [0.1, 0.15) is 39.3 Å². The molecule has 0 atom stereocenters. The van der Waals surface area contributed by atoms with E-state index in [2.05, 4.69) is 38.7 Å². The lowest BCUT2D eigenvalue weighted by Crippen LogP contribution is -2.41. The van der Waals surface area contributed by atoms with Crippen LogP contribution >= 0.6 is 0 Å². The largest absolute Gasteiger partial charge is 0.494 e. The number of hydrogen-bond donors (Lipinski definition) is 0. The van der Waals surface area contributed by atoms with Crippen molar-refractivity contribution >= 4 is 12.6 Å². The van der Waals surface area contributed by atoms with Crippen LogP contribution in [0, 0.1) is 0 Å². The van der Waals surface area contributed by atoms with Gasteiger partial charge in [0.15, 0.2) is 0 Å². The Morgan fingerprint density at radius 1 is 1.16 bits per heavy atom. The minimum absolute atomic E-state index is 0.305. The van der Waals surface area contributed by atoms with E-state index in [1.54, 1.807) is 0 Å². The number of ether oxygens (including phenoxy) is 1. The number of aromatic nitrogens is 1. The molecule has 0 amide bonds. The Hall–Kier alpha value is -0.905. The van der Waals surface area contributed by atoms with Crippen LogP contribution in [0.5, 0.6) is 0 Å². The van der Waals surface area contributed by atoms with Crippen LogP contribution in [0.2, 0.25) is 0 Å². The predicted octanol–water partition coefficient (Wildman–Crippen LogP) is 1.49. The van der Waals surface area contributed by atoms with E-state index in [-0.39, 0.29) is 18.3 Å². The molecule has 19 heavy (non-hydrogen) atoms. The molecule has 4 nitrogen and oxygen atoms in total. The van der Waals surface area contributed by atoms with E-state index in [9.17, 15) is 0 Å². The van der Waals surface area contributed by atoms with Gasteiger partial charge in [-0.1, -0.05) is 0 Å². The highest BCUT2D eigenvalue weighted by atomic mass is 16.7. The predicted molar refractivity (Wildman–Crippen MR) is 73.5 cm³/mol. The second-order valence-electron chi connectivity index (χ2n) is 6.34. The normalized spacial score (nSPS) is 25.4. The molecule has 0 aliphatic carbocycles. The molecule has 0 unspecified atom stereocenters. The highest BCUT2D eigenvalue weighted by Crippen LogP contribution is 2.36. The van der Waals surface area contributed by atoms with E-state index >= 15 is 0 Å². The molecule has 5 heteroatoms. The molecule has 2 aliphatic rings. The molecular weight excluding hydrogens is 241 g/mol. The van der Waals surface area contributed by atoms with Crippen LogP contribution in [0.4, 0.5) is 0 Å². The van der Waals surface area contributed by atoms with Gasteiger partial charge in [-0.05, 0) is 45.3 Å². The molecule has 0 bridgehead atoms. The molecule has 0 N–H and O–H groups in total. The molecule has 3 rings (SSSR count). The summed E-state index contributed by atoms with van der Waals surface area (Å²) in [7, 11) is -0.312. The van der Waals surface area contributed by atoms with Crippen LogP contribution in [0.15, 0.2) is 18.3 Å². The average Bonchev–Trinajstić information content (AvgIpc) is 2.46. The standard InChI is InChI=1S/C14H20BNO3/c1-13(2)14(3,4)19-15(18-13)11-5-6-16-12(7-11)10-8-17-9-10/h5-7,10H,8-9H2,1-4H3. The Morgan fingerprint density at radius 3 is 2.32 bits per heavy atom. The third kappa shape index (κ3) is 2.20. The lowest BCUT2D eigenvalue weighted by molar-refractivity contribution is 0.00578. The van der Waals surface area contributed by atoms with Crippen molar-refractivity contribution in [3.05, 3.63) is 24.0 Å². The average molecular weight is 261 g/mol. The number of hydrogen-bond acceptors (Lipinski definition) is 4. The van der Waals surface area contributed by atoms with Gasteiger partial charge in [0, 0.05) is 17.8 Å². The molecule has 0 saturated carbocycles. The summed E-state index contributed by atoms with van der Waals surface area (Å²) >= 11 is 0. The first-order valence-corrected chi connectivity index (χ1v) is 6.78. The summed E-state index contributed by atoms with van der Waals surface area (Å²) in [6.07, 6.45) is 1.83. The number of rotatable bonds is 2. The summed E-state index contributed by atoms with van der Waals surface area (Å²) in [5.41, 5.74) is 1.50. The van der Waals surface area contributed by atoms with Crippen molar-refractivity contribution in [2.75, 3.05) is 13.2 Å². The monoisotopic (exact) mass is 261 g/mol. The first-order valence-electron chi connectivity index (χ1n) is 6.78. The van der Waals surface area contributed by atoms with Crippen LogP contribution in [0.25, 0.3) is 0 Å². The minimum Gasteiger partial charge on any atom is -0.399 e. The van der Waals surface area contributed by atoms with Gasteiger partial charge < -0.3 is 14.0 Å². The van der Waals surface area contributed by atoms with Crippen molar-refractivity contribution in [2.45, 2.75) is 44.8 Å². The van der Waals surface area contributed by atoms with Crippen molar-refractivity contribution in [1.82, 2.24) is 4.98 Å². The van der Waals surface area contributed by atoms with Crippen molar-refractivity contribution < 1.29 is 14.0 Å². The highest BCUT2D eigenvalue weighted by molar-refractivity contribution is 6.62.